The lowest BCUT2D eigenvalue weighted by molar-refractivity contribution is 0.101. The summed E-state index contributed by atoms with van der Waals surface area (Å²) < 4.78 is 0. The van der Waals surface area contributed by atoms with Crippen LogP contribution in [-0.2, 0) is 6.42 Å². The maximum Gasteiger partial charge on any atom is 0.160 e. The van der Waals surface area contributed by atoms with Crippen molar-refractivity contribution < 1.29 is 4.79 Å². The van der Waals surface area contributed by atoms with Gasteiger partial charge in [-0.15, -0.1) is 0 Å². The Balaban J connectivity index is 2.68. The summed E-state index contributed by atoms with van der Waals surface area (Å²) >= 11 is 0. The Kier molecular flexibility index (Phi) is 3.00. The molecule has 0 spiro atoms. The molecule has 0 bridgehead atoms. The topological polar surface area (TPSA) is 30.0 Å². The average Bonchev–Trinajstić information content (AvgIpc) is 2.28. The van der Waals surface area contributed by atoms with Gasteiger partial charge in [0.2, 0.25) is 0 Å². The number of benzene rings is 1. The summed E-state index contributed by atoms with van der Waals surface area (Å²) in [5.74, 6) is 0.107. The Bertz CT molecular complexity index is 531. The van der Waals surface area contributed by atoms with Crippen LogP contribution in [0.5, 0.6) is 0 Å². The molecule has 0 aliphatic carbocycles. The van der Waals surface area contributed by atoms with Crippen LogP contribution in [0.1, 0.15) is 36.3 Å². The maximum atomic E-state index is 11.6. The first kappa shape index (κ1) is 10.8. The highest BCUT2D eigenvalue weighted by Gasteiger charge is 2.08. The van der Waals surface area contributed by atoms with Crippen LogP contribution in [0.15, 0.2) is 30.3 Å². The van der Waals surface area contributed by atoms with Gasteiger partial charge in [0.25, 0.3) is 0 Å². The van der Waals surface area contributed by atoms with Gasteiger partial charge in [-0.2, -0.15) is 0 Å². The van der Waals surface area contributed by atoms with Gasteiger partial charge in [-0.05, 0) is 25.5 Å². The molecular formula is C14H15NO. The van der Waals surface area contributed by atoms with Crippen molar-refractivity contribution >= 4 is 16.7 Å². The number of carbonyl (C=O) groups is 1. The molecule has 2 heteroatoms. The number of hydrogen-bond acceptors (Lipinski definition) is 2. The number of carbonyl (C=O) groups excluding carboxylic acids is 1. The number of pyridine rings is 1. The van der Waals surface area contributed by atoms with Gasteiger partial charge in [-0.1, -0.05) is 31.5 Å². The van der Waals surface area contributed by atoms with Crippen molar-refractivity contribution in [3.63, 3.8) is 0 Å². The van der Waals surface area contributed by atoms with Crippen LogP contribution < -0.4 is 0 Å². The molecule has 0 fully saturated rings. The van der Waals surface area contributed by atoms with Gasteiger partial charge in [-0.3, -0.25) is 9.78 Å². The summed E-state index contributed by atoms with van der Waals surface area (Å²) in [6.45, 7) is 3.72. The maximum absolute atomic E-state index is 11.6. The molecule has 0 unspecified atom stereocenters. The van der Waals surface area contributed by atoms with Gasteiger partial charge < -0.3 is 0 Å². The number of ketones is 1. The molecule has 0 radical (unpaired) electrons. The second-order valence-corrected chi connectivity index (χ2v) is 3.98. The largest absolute Gasteiger partial charge is 0.294 e. The minimum absolute atomic E-state index is 0.107. The van der Waals surface area contributed by atoms with Crippen LogP contribution >= 0.6 is 0 Å². The standard InChI is InChI=1S/C14H15NO/c1-3-6-11-9-13(10(2)16)12-7-4-5-8-14(12)15-11/h4-5,7-9H,3,6H2,1-2H3. The number of fused-ring (bicyclic) bond motifs is 1. The van der Waals surface area contributed by atoms with Gasteiger partial charge in [0, 0.05) is 16.6 Å². The normalized spacial score (nSPS) is 10.6. The zero-order valence-electron chi connectivity index (χ0n) is 9.66. The van der Waals surface area contributed by atoms with E-state index in [9.17, 15) is 4.79 Å². The number of rotatable bonds is 3. The van der Waals surface area contributed by atoms with E-state index in [0.717, 1.165) is 35.0 Å². The SMILES string of the molecule is CCCc1cc(C(C)=O)c2ccccc2n1. The minimum atomic E-state index is 0.107. The smallest absolute Gasteiger partial charge is 0.160 e. The van der Waals surface area contributed by atoms with E-state index in [0.29, 0.717) is 0 Å². The third-order valence-electron chi connectivity index (χ3n) is 2.65. The molecule has 16 heavy (non-hydrogen) atoms. The molecule has 1 aromatic heterocycles. The molecule has 2 rings (SSSR count). The van der Waals surface area contributed by atoms with Gasteiger partial charge in [0.1, 0.15) is 0 Å². The van der Waals surface area contributed by atoms with E-state index in [2.05, 4.69) is 11.9 Å². The Morgan fingerprint density at radius 1 is 1.31 bits per heavy atom. The highest BCUT2D eigenvalue weighted by atomic mass is 16.1. The zero-order chi connectivity index (χ0) is 11.5. The second kappa shape index (κ2) is 4.44. The van der Waals surface area contributed by atoms with Crippen molar-refractivity contribution in [1.82, 2.24) is 4.98 Å². The predicted molar refractivity (Wildman–Crippen MR) is 65.7 cm³/mol. The number of aromatic nitrogens is 1. The van der Waals surface area contributed by atoms with E-state index < -0.39 is 0 Å². The van der Waals surface area contributed by atoms with Crippen LogP contribution in [0.25, 0.3) is 10.9 Å². The summed E-state index contributed by atoms with van der Waals surface area (Å²) in [4.78, 5) is 16.1. The fourth-order valence-electron chi connectivity index (χ4n) is 1.91. The molecule has 0 aliphatic rings. The van der Waals surface area contributed by atoms with Crippen LogP contribution in [0, 0.1) is 0 Å². The van der Waals surface area contributed by atoms with Crippen molar-refractivity contribution in [1.29, 1.82) is 0 Å². The van der Waals surface area contributed by atoms with Crippen molar-refractivity contribution in [3.8, 4) is 0 Å². The third-order valence-corrected chi connectivity index (χ3v) is 2.65. The molecule has 82 valence electrons. The first-order valence-electron chi connectivity index (χ1n) is 5.62. The lowest BCUT2D eigenvalue weighted by atomic mass is 10.0. The van der Waals surface area contributed by atoms with Crippen LogP contribution in [0.4, 0.5) is 0 Å². The zero-order valence-corrected chi connectivity index (χ0v) is 9.66. The fraction of sp³-hybridized carbons (Fsp3) is 0.286. The molecule has 0 amide bonds. The summed E-state index contributed by atoms with van der Waals surface area (Å²) in [7, 11) is 0. The molecule has 1 heterocycles. The number of aryl methyl sites for hydroxylation is 1. The van der Waals surface area contributed by atoms with Gasteiger partial charge >= 0.3 is 0 Å². The highest BCUT2D eigenvalue weighted by molar-refractivity contribution is 6.06. The molecule has 1 aromatic carbocycles. The molecule has 0 atom stereocenters. The molecule has 2 nitrogen and oxygen atoms in total. The molecule has 0 saturated heterocycles. The summed E-state index contributed by atoms with van der Waals surface area (Å²) in [5, 5.41) is 0.954. The number of Topliss-reactive ketones (excluding diaryl/α,β-unsaturated/α-hetero) is 1. The second-order valence-electron chi connectivity index (χ2n) is 3.98. The van der Waals surface area contributed by atoms with Gasteiger partial charge in [-0.25, -0.2) is 0 Å². The highest BCUT2D eigenvalue weighted by Crippen LogP contribution is 2.19. The van der Waals surface area contributed by atoms with Crippen LogP contribution in [-0.4, -0.2) is 10.8 Å². The van der Waals surface area contributed by atoms with E-state index in [-0.39, 0.29) is 5.78 Å². The van der Waals surface area contributed by atoms with Gasteiger partial charge in [0.15, 0.2) is 5.78 Å². The van der Waals surface area contributed by atoms with E-state index in [1.54, 1.807) is 6.92 Å². The number of hydrogen-bond donors (Lipinski definition) is 0. The minimum Gasteiger partial charge on any atom is -0.294 e. The Morgan fingerprint density at radius 2 is 2.06 bits per heavy atom. The predicted octanol–water partition coefficient (Wildman–Crippen LogP) is 3.39. The summed E-state index contributed by atoms with van der Waals surface area (Å²) in [6, 6.07) is 9.73. The first-order chi connectivity index (χ1) is 7.72. The number of para-hydroxylation sites is 1. The first-order valence-corrected chi connectivity index (χ1v) is 5.62. The van der Waals surface area contributed by atoms with Crippen LogP contribution in [0.2, 0.25) is 0 Å². The quantitative estimate of drug-likeness (QED) is 0.731. The summed E-state index contributed by atoms with van der Waals surface area (Å²) in [5.41, 5.74) is 2.71. The van der Waals surface area contributed by atoms with Crippen molar-refractivity contribution in [2.75, 3.05) is 0 Å². The summed E-state index contributed by atoms with van der Waals surface area (Å²) in [6.07, 6.45) is 1.97. The third kappa shape index (κ3) is 1.96. The Labute approximate surface area is 95.3 Å². The Hall–Kier alpha value is -1.70. The lowest BCUT2D eigenvalue weighted by Gasteiger charge is -2.06. The molecule has 0 aliphatic heterocycles. The fourth-order valence-corrected chi connectivity index (χ4v) is 1.91. The van der Waals surface area contributed by atoms with Gasteiger partial charge in [0.05, 0.1) is 5.52 Å². The Morgan fingerprint density at radius 3 is 2.75 bits per heavy atom. The average molecular weight is 213 g/mol. The van der Waals surface area contributed by atoms with Crippen molar-refractivity contribution in [2.45, 2.75) is 26.7 Å². The molecule has 0 saturated carbocycles. The molecular weight excluding hydrogens is 198 g/mol. The van der Waals surface area contributed by atoms with E-state index in [4.69, 9.17) is 0 Å². The molecule has 0 N–H and O–H groups in total. The monoisotopic (exact) mass is 213 g/mol. The van der Waals surface area contributed by atoms with Crippen molar-refractivity contribution in [3.05, 3.63) is 41.6 Å². The van der Waals surface area contributed by atoms with Crippen molar-refractivity contribution in [2.24, 2.45) is 0 Å². The molecule has 2 aromatic rings. The van der Waals surface area contributed by atoms with E-state index >= 15 is 0 Å². The van der Waals surface area contributed by atoms with Crippen LogP contribution in [0.3, 0.4) is 0 Å². The lowest BCUT2D eigenvalue weighted by Crippen LogP contribution is -1.99. The van der Waals surface area contributed by atoms with E-state index in [1.165, 1.54) is 0 Å². The van der Waals surface area contributed by atoms with E-state index in [1.807, 2.05) is 30.3 Å². The number of nitrogens with zero attached hydrogens (tertiary/aromatic N) is 1.